The molecule has 0 aliphatic rings. The van der Waals surface area contributed by atoms with E-state index in [-0.39, 0.29) is 16.7 Å². The molecule has 0 bridgehead atoms. The molecular formula is C9H11N3O. The molecule has 0 amide bonds. The molecule has 0 radical (unpaired) electrons. The van der Waals surface area contributed by atoms with E-state index in [9.17, 15) is 4.79 Å². The molecule has 0 atom stereocenters. The largest absolute Gasteiger partial charge is 0.399 e. The Morgan fingerprint density at radius 1 is 1.31 bits per heavy atom. The summed E-state index contributed by atoms with van der Waals surface area (Å²) in [5.74, 6) is 0. The minimum absolute atomic E-state index is 0.00956. The van der Waals surface area contributed by atoms with Gasteiger partial charge in [0.2, 0.25) is 0 Å². The summed E-state index contributed by atoms with van der Waals surface area (Å²) in [6.07, 6.45) is 0. The third-order valence-electron chi connectivity index (χ3n) is 1.86. The van der Waals surface area contributed by atoms with Crippen LogP contribution in [0.25, 0.3) is 11.0 Å². The first-order valence-corrected chi connectivity index (χ1v) is 3.57. The highest BCUT2D eigenvalue weighted by Gasteiger charge is 2.06. The summed E-state index contributed by atoms with van der Waals surface area (Å²) >= 11 is 0. The normalized spacial score (nSPS) is 19.7. The number of benzene rings is 1. The van der Waals surface area contributed by atoms with E-state index in [2.05, 4.69) is 0 Å². The van der Waals surface area contributed by atoms with Gasteiger partial charge < -0.3 is 5.73 Å². The molecule has 0 unspecified atom stereocenters. The van der Waals surface area contributed by atoms with Crippen molar-refractivity contribution in [1.29, 1.82) is 0 Å². The van der Waals surface area contributed by atoms with Gasteiger partial charge in [0.25, 0.3) is 0 Å². The number of nitrogen functional groups attached to an aromatic ring is 1. The second-order valence-electron chi connectivity index (χ2n) is 2.70. The molecule has 0 saturated heterocycles. The minimum atomic E-state index is -2.78. The van der Waals surface area contributed by atoms with Crippen LogP contribution in [0.2, 0.25) is 0 Å². The van der Waals surface area contributed by atoms with Crippen LogP contribution in [0, 0.1) is 0 Å². The molecule has 2 N–H and O–H groups in total. The van der Waals surface area contributed by atoms with Crippen LogP contribution in [0.5, 0.6) is 0 Å². The number of hydrogen-bond acceptors (Lipinski definition) is 2. The molecule has 0 aliphatic heterocycles. The maximum Gasteiger partial charge on any atom is 0.328 e. The zero-order valence-corrected chi connectivity index (χ0v) is 6.61. The lowest BCUT2D eigenvalue weighted by Gasteiger charge is -1.95. The van der Waals surface area contributed by atoms with Crippen LogP contribution >= 0.6 is 0 Å². The molecule has 2 rings (SSSR count). The standard InChI is InChI=1S/C9H11N3O/c1-11-7-4-3-6(10)5-8(7)12(2)9(11)13/h3-5H,10H2,1-2H3/i1D3,2D3. The number of aromatic nitrogens is 2. The molecule has 1 aromatic carbocycles. The first-order chi connectivity index (χ1) is 8.53. The molecule has 1 aromatic heterocycles. The van der Waals surface area contributed by atoms with Gasteiger partial charge in [0.1, 0.15) is 0 Å². The van der Waals surface area contributed by atoms with E-state index in [0.29, 0.717) is 9.13 Å². The molecule has 0 aliphatic carbocycles. The highest BCUT2D eigenvalue weighted by atomic mass is 16.1. The average Bonchev–Trinajstić information content (AvgIpc) is 2.47. The van der Waals surface area contributed by atoms with Crippen LogP contribution < -0.4 is 11.4 Å². The van der Waals surface area contributed by atoms with Crippen molar-refractivity contribution in [1.82, 2.24) is 9.13 Å². The fraction of sp³-hybridized carbons (Fsp3) is 0.222. The van der Waals surface area contributed by atoms with Crippen molar-refractivity contribution in [3.63, 3.8) is 0 Å². The zero-order valence-electron chi connectivity index (χ0n) is 12.6. The van der Waals surface area contributed by atoms with Crippen molar-refractivity contribution in [2.24, 2.45) is 14.0 Å². The molecule has 0 saturated carbocycles. The Hall–Kier alpha value is -1.71. The van der Waals surface area contributed by atoms with Crippen LogP contribution in [0.4, 0.5) is 5.69 Å². The third-order valence-corrected chi connectivity index (χ3v) is 1.86. The SMILES string of the molecule is [2H]C([2H])([2H])n1c(=O)n(C([2H])([2H])[2H])c2cc(N)ccc21. The quantitative estimate of drug-likeness (QED) is 0.603. The molecule has 68 valence electrons. The lowest BCUT2D eigenvalue weighted by molar-refractivity contribution is 0.795. The minimum Gasteiger partial charge on any atom is -0.399 e. The van der Waals surface area contributed by atoms with Gasteiger partial charge in [-0.2, -0.15) is 0 Å². The van der Waals surface area contributed by atoms with Gasteiger partial charge in [-0.25, -0.2) is 4.79 Å². The van der Waals surface area contributed by atoms with E-state index in [1.165, 1.54) is 18.2 Å². The number of aryl methyl sites for hydroxylation is 2. The Morgan fingerprint density at radius 3 is 2.69 bits per heavy atom. The lowest BCUT2D eigenvalue weighted by Crippen LogP contribution is -2.19. The van der Waals surface area contributed by atoms with Gasteiger partial charge in [0.05, 0.1) is 11.0 Å². The Morgan fingerprint density at radius 2 is 2.00 bits per heavy atom. The number of fused-ring (bicyclic) bond motifs is 1. The van der Waals surface area contributed by atoms with Crippen molar-refractivity contribution < 1.29 is 8.22 Å². The van der Waals surface area contributed by atoms with Crippen molar-refractivity contribution in [3.8, 4) is 0 Å². The Bertz CT molecular complexity index is 693. The summed E-state index contributed by atoms with van der Waals surface area (Å²) < 4.78 is 45.0. The predicted octanol–water partition coefficient (Wildman–Crippen LogP) is 0.459. The van der Waals surface area contributed by atoms with Crippen LogP contribution in [-0.2, 0) is 14.0 Å². The van der Waals surface area contributed by atoms with E-state index < -0.39 is 19.6 Å². The van der Waals surface area contributed by atoms with Crippen molar-refractivity contribution in [2.45, 2.75) is 0 Å². The molecule has 4 nitrogen and oxygen atoms in total. The van der Waals surface area contributed by atoms with E-state index in [0.717, 1.165) is 0 Å². The first-order valence-electron chi connectivity index (χ1n) is 6.57. The summed E-state index contributed by atoms with van der Waals surface area (Å²) in [5, 5.41) is 0. The summed E-state index contributed by atoms with van der Waals surface area (Å²) in [7, 11) is 0. The van der Waals surface area contributed by atoms with Gasteiger partial charge in [-0.1, -0.05) is 0 Å². The summed E-state index contributed by atoms with van der Waals surface area (Å²) in [6, 6.07) is 4.00. The fourth-order valence-corrected chi connectivity index (χ4v) is 1.21. The van der Waals surface area contributed by atoms with Crippen LogP contribution in [-0.4, -0.2) is 9.13 Å². The molecular weight excluding hydrogens is 166 g/mol. The molecule has 0 fully saturated rings. The summed E-state index contributed by atoms with van der Waals surface area (Å²) in [5.41, 5.74) is 4.67. The first kappa shape index (κ1) is 3.57. The predicted molar refractivity (Wildman–Crippen MR) is 52.6 cm³/mol. The summed E-state index contributed by atoms with van der Waals surface area (Å²) in [4.78, 5) is 12.1. The number of imidazole rings is 1. The highest BCUT2D eigenvalue weighted by Crippen LogP contribution is 2.14. The summed E-state index contributed by atoms with van der Waals surface area (Å²) in [6.45, 7) is -5.54. The van der Waals surface area contributed by atoms with E-state index in [4.69, 9.17) is 14.0 Å². The Labute approximate surface area is 83.6 Å². The second-order valence-corrected chi connectivity index (χ2v) is 2.70. The fourth-order valence-electron chi connectivity index (χ4n) is 1.21. The van der Waals surface area contributed by atoms with E-state index >= 15 is 0 Å². The van der Waals surface area contributed by atoms with Crippen LogP contribution in [0.1, 0.15) is 8.22 Å². The van der Waals surface area contributed by atoms with Gasteiger partial charge in [-0.05, 0) is 18.2 Å². The van der Waals surface area contributed by atoms with Gasteiger partial charge in [-0.3, -0.25) is 9.13 Å². The van der Waals surface area contributed by atoms with Gasteiger partial charge in [-0.15, -0.1) is 0 Å². The maximum atomic E-state index is 12.1. The van der Waals surface area contributed by atoms with Crippen molar-refractivity contribution in [3.05, 3.63) is 28.7 Å². The monoisotopic (exact) mass is 183 g/mol. The number of anilines is 1. The molecule has 13 heavy (non-hydrogen) atoms. The zero-order chi connectivity index (χ0) is 14.6. The van der Waals surface area contributed by atoms with Gasteiger partial charge in [0, 0.05) is 27.9 Å². The van der Waals surface area contributed by atoms with Crippen LogP contribution in [0.15, 0.2) is 23.0 Å². The highest BCUT2D eigenvalue weighted by molar-refractivity contribution is 5.79. The van der Waals surface area contributed by atoms with E-state index in [1.807, 2.05) is 0 Å². The van der Waals surface area contributed by atoms with Crippen LogP contribution in [0.3, 0.4) is 0 Å². The molecule has 0 spiro atoms. The number of nitrogens with zero attached hydrogens (tertiary/aromatic N) is 2. The second kappa shape index (κ2) is 2.39. The number of rotatable bonds is 0. The smallest absolute Gasteiger partial charge is 0.328 e. The van der Waals surface area contributed by atoms with Crippen molar-refractivity contribution in [2.75, 3.05) is 5.73 Å². The topological polar surface area (TPSA) is 53.0 Å². The molecule has 1 heterocycles. The number of hydrogen-bond donors (Lipinski definition) is 1. The molecule has 2 aromatic rings. The number of nitrogens with two attached hydrogens (primary N) is 1. The molecule has 4 heteroatoms. The lowest BCUT2D eigenvalue weighted by atomic mass is 10.3. The Balaban J connectivity index is 3.02. The Kier molecular flexibility index (Phi) is 0.656. The van der Waals surface area contributed by atoms with Gasteiger partial charge in [0.15, 0.2) is 0 Å². The third kappa shape index (κ3) is 0.950. The van der Waals surface area contributed by atoms with Crippen molar-refractivity contribution >= 4 is 16.7 Å². The average molecular weight is 183 g/mol. The maximum absolute atomic E-state index is 12.1. The van der Waals surface area contributed by atoms with Gasteiger partial charge >= 0.3 is 5.69 Å². The van der Waals surface area contributed by atoms with E-state index in [1.54, 1.807) is 0 Å².